The number of ether oxygens (including phenoxy) is 1. The molecule has 0 heterocycles. The summed E-state index contributed by atoms with van der Waals surface area (Å²) in [5, 5.41) is 10.6. The zero-order valence-electron chi connectivity index (χ0n) is 12.7. The van der Waals surface area contributed by atoms with Crippen molar-refractivity contribution in [1.82, 2.24) is 0 Å². The summed E-state index contributed by atoms with van der Waals surface area (Å²) in [6.45, 7) is 4.12. The van der Waals surface area contributed by atoms with E-state index < -0.39 is 11.9 Å². The number of hydrogen-bond acceptors (Lipinski definition) is 2. The van der Waals surface area contributed by atoms with E-state index >= 15 is 0 Å². The number of rotatable bonds is 5. The minimum Gasteiger partial charge on any atom is -0.494 e. The molecule has 21 heavy (non-hydrogen) atoms. The van der Waals surface area contributed by atoms with E-state index in [0.29, 0.717) is 5.56 Å². The van der Waals surface area contributed by atoms with E-state index in [9.17, 15) is 9.50 Å². The number of benzene rings is 2. The van der Waals surface area contributed by atoms with E-state index in [1.807, 2.05) is 19.1 Å². The van der Waals surface area contributed by atoms with Gasteiger partial charge in [0.25, 0.3) is 0 Å². The molecule has 0 spiro atoms. The molecule has 0 aliphatic rings. The van der Waals surface area contributed by atoms with Crippen molar-refractivity contribution in [1.29, 1.82) is 0 Å². The predicted octanol–water partition coefficient (Wildman–Crippen LogP) is 4.04. The molecule has 2 aromatic carbocycles. The zero-order valence-corrected chi connectivity index (χ0v) is 12.7. The van der Waals surface area contributed by atoms with Crippen LogP contribution in [-0.4, -0.2) is 12.2 Å². The van der Waals surface area contributed by atoms with Crippen LogP contribution in [0.4, 0.5) is 4.39 Å². The van der Waals surface area contributed by atoms with Crippen LogP contribution in [0.2, 0.25) is 0 Å². The number of methoxy groups -OCH3 is 1. The van der Waals surface area contributed by atoms with Gasteiger partial charge < -0.3 is 9.84 Å². The molecule has 2 aromatic rings. The highest BCUT2D eigenvalue weighted by atomic mass is 19.1. The van der Waals surface area contributed by atoms with Gasteiger partial charge in [0, 0.05) is 0 Å². The SMILES string of the molecule is CCc1ccc(CC)c(C(O)c2ccc(OC)c(F)c2)c1. The van der Waals surface area contributed by atoms with Crippen molar-refractivity contribution in [2.24, 2.45) is 0 Å². The van der Waals surface area contributed by atoms with Gasteiger partial charge in [-0.05, 0) is 47.2 Å². The highest BCUT2D eigenvalue weighted by molar-refractivity contribution is 5.40. The third kappa shape index (κ3) is 3.24. The Balaban J connectivity index is 2.43. The van der Waals surface area contributed by atoms with Gasteiger partial charge in [0.2, 0.25) is 0 Å². The lowest BCUT2D eigenvalue weighted by Gasteiger charge is -2.17. The van der Waals surface area contributed by atoms with E-state index in [4.69, 9.17) is 4.74 Å². The number of aliphatic hydroxyl groups excluding tert-OH is 1. The monoisotopic (exact) mass is 288 g/mol. The van der Waals surface area contributed by atoms with Gasteiger partial charge in [-0.3, -0.25) is 0 Å². The molecule has 1 atom stereocenters. The van der Waals surface area contributed by atoms with Crippen LogP contribution in [0.3, 0.4) is 0 Å². The molecule has 1 N–H and O–H groups in total. The van der Waals surface area contributed by atoms with Crippen LogP contribution in [0.1, 0.15) is 42.2 Å². The van der Waals surface area contributed by atoms with Crippen LogP contribution in [0.25, 0.3) is 0 Å². The molecule has 0 amide bonds. The van der Waals surface area contributed by atoms with Crippen molar-refractivity contribution in [3.63, 3.8) is 0 Å². The van der Waals surface area contributed by atoms with Gasteiger partial charge in [0.05, 0.1) is 7.11 Å². The van der Waals surface area contributed by atoms with Crippen LogP contribution in [0, 0.1) is 5.82 Å². The Morgan fingerprint density at radius 2 is 1.86 bits per heavy atom. The Morgan fingerprint density at radius 1 is 1.10 bits per heavy atom. The highest BCUT2D eigenvalue weighted by Crippen LogP contribution is 2.29. The minimum atomic E-state index is -0.827. The molecule has 0 aliphatic heterocycles. The van der Waals surface area contributed by atoms with E-state index in [-0.39, 0.29) is 5.75 Å². The summed E-state index contributed by atoms with van der Waals surface area (Å²) in [7, 11) is 1.43. The maximum absolute atomic E-state index is 13.8. The lowest BCUT2D eigenvalue weighted by Crippen LogP contribution is -2.05. The Hall–Kier alpha value is -1.87. The van der Waals surface area contributed by atoms with Crippen molar-refractivity contribution in [2.75, 3.05) is 7.11 Å². The lowest BCUT2D eigenvalue weighted by atomic mass is 9.93. The first kappa shape index (κ1) is 15.5. The smallest absolute Gasteiger partial charge is 0.165 e. The molecule has 0 aromatic heterocycles. The molecule has 0 fully saturated rings. The Labute approximate surface area is 125 Å². The van der Waals surface area contributed by atoms with Gasteiger partial charge in [-0.1, -0.05) is 38.1 Å². The average molecular weight is 288 g/mol. The molecule has 112 valence electrons. The molecule has 0 bridgehead atoms. The summed E-state index contributed by atoms with van der Waals surface area (Å²) in [4.78, 5) is 0. The third-order valence-electron chi connectivity index (χ3n) is 3.79. The fraction of sp³-hybridized carbons (Fsp3) is 0.333. The summed E-state index contributed by atoms with van der Waals surface area (Å²) < 4.78 is 18.7. The van der Waals surface area contributed by atoms with Gasteiger partial charge >= 0.3 is 0 Å². The molecule has 2 nitrogen and oxygen atoms in total. The standard InChI is InChI=1S/C18H21FO2/c1-4-12-6-7-13(5-2)15(10-12)18(20)14-8-9-17(21-3)16(19)11-14/h6-11,18,20H,4-5H2,1-3H3. The Morgan fingerprint density at radius 3 is 2.43 bits per heavy atom. The summed E-state index contributed by atoms with van der Waals surface area (Å²) in [5.74, 6) is -0.275. The van der Waals surface area contributed by atoms with Gasteiger partial charge in [0.1, 0.15) is 6.10 Å². The summed E-state index contributed by atoms with van der Waals surface area (Å²) in [6, 6.07) is 10.7. The number of aryl methyl sites for hydroxylation is 2. The highest BCUT2D eigenvalue weighted by Gasteiger charge is 2.16. The topological polar surface area (TPSA) is 29.5 Å². The first-order chi connectivity index (χ1) is 10.1. The molecule has 1 unspecified atom stereocenters. The van der Waals surface area contributed by atoms with Crippen LogP contribution >= 0.6 is 0 Å². The summed E-state index contributed by atoms with van der Waals surface area (Å²) >= 11 is 0. The maximum Gasteiger partial charge on any atom is 0.165 e. The second-order valence-electron chi connectivity index (χ2n) is 5.04. The normalized spacial score (nSPS) is 12.2. The van der Waals surface area contributed by atoms with Crippen molar-refractivity contribution in [3.05, 3.63) is 64.5 Å². The van der Waals surface area contributed by atoms with Gasteiger partial charge in [-0.25, -0.2) is 4.39 Å². The van der Waals surface area contributed by atoms with Crippen molar-refractivity contribution in [2.45, 2.75) is 32.8 Å². The van der Waals surface area contributed by atoms with Crippen LogP contribution < -0.4 is 4.74 Å². The van der Waals surface area contributed by atoms with Gasteiger partial charge in [-0.15, -0.1) is 0 Å². The molecule has 0 saturated heterocycles. The van der Waals surface area contributed by atoms with E-state index in [0.717, 1.165) is 29.5 Å². The molecular formula is C18H21FO2. The van der Waals surface area contributed by atoms with Gasteiger partial charge in [0.15, 0.2) is 11.6 Å². The van der Waals surface area contributed by atoms with Crippen molar-refractivity contribution < 1.29 is 14.2 Å². The fourth-order valence-corrected chi connectivity index (χ4v) is 2.47. The van der Waals surface area contributed by atoms with Crippen molar-refractivity contribution >= 4 is 0 Å². The summed E-state index contributed by atoms with van der Waals surface area (Å²) in [5.41, 5.74) is 3.63. The Bertz CT molecular complexity index is 623. The second-order valence-corrected chi connectivity index (χ2v) is 5.04. The van der Waals surface area contributed by atoms with E-state index in [1.165, 1.54) is 13.2 Å². The number of aliphatic hydroxyl groups is 1. The Kier molecular flexibility index (Phi) is 4.97. The molecule has 0 radical (unpaired) electrons. The molecule has 0 saturated carbocycles. The minimum absolute atomic E-state index is 0.184. The maximum atomic E-state index is 13.8. The van der Waals surface area contributed by atoms with Gasteiger partial charge in [-0.2, -0.15) is 0 Å². The van der Waals surface area contributed by atoms with Crippen LogP contribution in [-0.2, 0) is 12.8 Å². The second kappa shape index (κ2) is 6.72. The lowest BCUT2D eigenvalue weighted by molar-refractivity contribution is 0.218. The predicted molar refractivity (Wildman–Crippen MR) is 82.2 cm³/mol. The van der Waals surface area contributed by atoms with E-state index in [2.05, 4.69) is 13.0 Å². The van der Waals surface area contributed by atoms with Crippen molar-refractivity contribution in [3.8, 4) is 5.75 Å². The molecule has 2 rings (SSSR count). The van der Waals surface area contributed by atoms with Crippen LogP contribution in [0.5, 0.6) is 5.75 Å². The first-order valence-corrected chi connectivity index (χ1v) is 7.23. The molecule has 3 heteroatoms. The third-order valence-corrected chi connectivity index (χ3v) is 3.79. The fourth-order valence-electron chi connectivity index (χ4n) is 2.47. The van der Waals surface area contributed by atoms with E-state index in [1.54, 1.807) is 12.1 Å². The number of halogens is 1. The molecular weight excluding hydrogens is 267 g/mol. The quantitative estimate of drug-likeness (QED) is 0.899. The zero-order chi connectivity index (χ0) is 15.4. The largest absolute Gasteiger partial charge is 0.494 e. The number of hydrogen-bond donors (Lipinski definition) is 1. The molecule has 0 aliphatic carbocycles. The average Bonchev–Trinajstić information content (AvgIpc) is 2.53. The first-order valence-electron chi connectivity index (χ1n) is 7.23. The van der Waals surface area contributed by atoms with Crippen LogP contribution in [0.15, 0.2) is 36.4 Å². The summed E-state index contributed by atoms with van der Waals surface area (Å²) in [6.07, 6.45) is 0.905.